The van der Waals surface area contributed by atoms with E-state index < -0.39 is 5.41 Å². The third-order valence-corrected chi connectivity index (χ3v) is 10.9. The predicted molar refractivity (Wildman–Crippen MR) is 214 cm³/mol. The zero-order chi connectivity index (χ0) is 35.6. The highest BCUT2D eigenvalue weighted by molar-refractivity contribution is 5.99. The van der Waals surface area contributed by atoms with Crippen LogP contribution in [0.25, 0.3) is 67.2 Å². The van der Waals surface area contributed by atoms with Crippen LogP contribution in [0.2, 0.25) is 0 Å². The number of benzene rings is 7. The van der Waals surface area contributed by atoms with Crippen LogP contribution in [0.3, 0.4) is 0 Å². The molecule has 54 heavy (non-hydrogen) atoms. The Balaban J connectivity index is 1.19. The maximum Gasteiger partial charge on any atom is 0.164 e. The lowest BCUT2D eigenvalue weighted by molar-refractivity contribution is 0.436. The van der Waals surface area contributed by atoms with Gasteiger partial charge in [-0.15, -0.1) is 0 Å². The number of fused-ring (bicyclic) bond motifs is 10. The predicted octanol–water partition coefficient (Wildman–Crippen LogP) is 11.6. The van der Waals surface area contributed by atoms with E-state index in [0.717, 1.165) is 55.8 Å². The molecule has 0 radical (unpaired) electrons. The third-order valence-electron chi connectivity index (χ3n) is 10.9. The zero-order valence-electron chi connectivity index (χ0n) is 29.0. The van der Waals surface area contributed by atoms with Crippen molar-refractivity contribution in [3.05, 3.63) is 205 Å². The Morgan fingerprint density at radius 1 is 0.389 bits per heavy atom. The molecule has 9 aromatic rings. The van der Waals surface area contributed by atoms with E-state index in [1.807, 2.05) is 85.2 Å². The Labute approximate surface area is 312 Å². The lowest BCUT2D eigenvalue weighted by atomic mass is 9.66. The molecule has 0 atom stereocenters. The molecule has 0 fully saturated rings. The fourth-order valence-electron chi connectivity index (χ4n) is 8.53. The summed E-state index contributed by atoms with van der Waals surface area (Å²) in [5, 5.41) is 2.28. The highest BCUT2D eigenvalue weighted by Gasteiger charge is 2.51. The van der Waals surface area contributed by atoms with Crippen LogP contribution in [0.4, 0.5) is 0 Å². The molecule has 0 saturated carbocycles. The summed E-state index contributed by atoms with van der Waals surface area (Å²) in [7, 11) is 0. The van der Waals surface area contributed by atoms with E-state index in [1.54, 1.807) is 0 Å². The monoisotopic (exact) mass is 690 g/mol. The third kappa shape index (κ3) is 4.52. The summed E-state index contributed by atoms with van der Waals surface area (Å²) in [5.41, 5.74) is 11.5. The van der Waals surface area contributed by atoms with Crippen LogP contribution in [0, 0.1) is 0 Å². The van der Waals surface area contributed by atoms with Gasteiger partial charge >= 0.3 is 0 Å². The molecule has 3 heterocycles. The smallest absolute Gasteiger partial charge is 0.164 e. The fourth-order valence-corrected chi connectivity index (χ4v) is 8.53. The van der Waals surface area contributed by atoms with Gasteiger partial charge in [-0.05, 0) is 69.1 Å². The molecular weight excluding hydrogens is 661 g/mol. The first-order valence-corrected chi connectivity index (χ1v) is 18.1. The number of pyridine rings is 1. The van der Waals surface area contributed by atoms with Crippen molar-refractivity contribution in [2.24, 2.45) is 0 Å². The first-order valence-electron chi connectivity index (χ1n) is 18.1. The van der Waals surface area contributed by atoms with Gasteiger partial charge in [0.05, 0.1) is 5.41 Å². The van der Waals surface area contributed by atoms with Gasteiger partial charge in [0.15, 0.2) is 17.5 Å². The lowest BCUT2D eigenvalue weighted by Gasteiger charge is -2.39. The molecule has 11 rings (SSSR count). The van der Waals surface area contributed by atoms with Crippen LogP contribution < -0.4 is 4.74 Å². The van der Waals surface area contributed by atoms with Crippen molar-refractivity contribution < 1.29 is 4.74 Å². The molecular formula is C49H30N4O. The van der Waals surface area contributed by atoms with Crippen LogP contribution >= 0.6 is 0 Å². The molecule has 1 spiro atoms. The fraction of sp³-hybridized carbons (Fsp3) is 0.0204. The van der Waals surface area contributed by atoms with Crippen LogP contribution in [-0.2, 0) is 5.41 Å². The van der Waals surface area contributed by atoms with E-state index in [2.05, 4.69) is 102 Å². The summed E-state index contributed by atoms with van der Waals surface area (Å²) >= 11 is 0. The number of para-hydroxylation sites is 2. The van der Waals surface area contributed by atoms with E-state index in [-0.39, 0.29) is 0 Å². The average Bonchev–Trinajstić information content (AvgIpc) is 3.53. The number of hydrogen-bond acceptors (Lipinski definition) is 5. The van der Waals surface area contributed by atoms with Crippen LogP contribution in [-0.4, -0.2) is 19.9 Å². The van der Waals surface area contributed by atoms with Gasteiger partial charge in [0.2, 0.25) is 0 Å². The average molecular weight is 691 g/mol. The topological polar surface area (TPSA) is 60.8 Å². The van der Waals surface area contributed by atoms with Crippen molar-refractivity contribution in [3.8, 4) is 67.9 Å². The molecule has 7 aromatic carbocycles. The van der Waals surface area contributed by atoms with Crippen LogP contribution in [0.1, 0.15) is 22.3 Å². The molecule has 252 valence electrons. The summed E-state index contributed by atoms with van der Waals surface area (Å²) in [6, 6.07) is 59.4. The summed E-state index contributed by atoms with van der Waals surface area (Å²) in [5.74, 6) is 3.62. The molecule has 0 saturated heterocycles. The standard InChI is InChI=1S/C49H30N4O/c1-3-12-31(13-4-1)46-51-47(32-14-5-2-6-15-32)53-48(52-46)34-23-25-41-39(29-34)38-28-33(36-17-11-16-35-30-50-27-26-37(35)36)22-24-40(38)49(41)42-18-7-9-20-44(42)54-45-21-10-8-19-43(45)49/h1-30H. The number of nitrogens with zero attached hydrogens (tertiary/aromatic N) is 4. The lowest BCUT2D eigenvalue weighted by Crippen LogP contribution is -2.32. The van der Waals surface area contributed by atoms with Crippen LogP contribution in [0.5, 0.6) is 11.5 Å². The van der Waals surface area contributed by atoms with E-state index >= 15 is 0 Å². The molecule has 1 aliphatic heterocycles. The van der Waals surface area contributed by atoms with Gasteiger partial charge < -0.3 is 4.74 Å². The minimum atomic E-state index is -0.598. The van der Waals surface area contributed by atoms with E-state index in [9.17, 15) is 0 Å². The highest BCUT2D eigenvalue weighted by Crippen LogP contribution is 2.62. The number of hydrogen-bond donors (Lipinski definition) is 0. The Kier molecular flexibility index (Phi) is 6.70. The van der Waals surface area contributed by atoms with E-state index in [4.69, 9.17) is 19.7 Å². The molecule has 5 heteroatoms. The second-order valence-corrected chi connectivity index (χ2v) is 13.8. The van der Waals surface area contributed by atoms with Gasteiger partial charge in [-0.3, -0.25) is 4.98 Å². The largest absolute Gasteiger partial charge is 0.457 e. The van der Waals surface area contributed by atoms with Gasteiger partial charge in [-0.2, -0.15) is 0 Å². The Morgan fingerprint density at radius 3 is 1.56 bits per heavy atom. The van der Waals surface area contributed by atoms with E-state index in [0.29, 0.717) is 17.5 Å². The van der Waals surface area contributed by atoms with Crippen molar-refractivity contribution in [1.29, 1.82) is 0 Å². The van der Waals surface area contributed by atoms with Gasteiger partial charge in [0.1, 0.15) is 11.5 Å². The van der Waals surface area contributed by atoms with Gasteiger partial charge in [0.25, 0.3) is 0 Å². The maximum absolute atomic E-state index is 6.61. The Morgan fingerprint density at radius 2 is 0.926 bits per heavy atom. The summed E-state index contributed by atoms with van der Waals surface area (Å²) in [6.07, 6.45) is 3.80. The molecule has 2 aromatic heterocycles. The first-order chi connectivity index (χ1) is 26.8. The van der Waals surface area contributed by atoms with Crippen molar-refractivity contribution in [1.82, 2.24) is 19.9 Å². The first kappa shape index (κ1) is 30.4. The molecule has 0 unspecified atom stereocenters. The molecule has 0 N–H and O–H groups in total. The van der Waals surface area contributed by atoms with Crippen molar-refractivity contribution in [2.45, 2.75) is 5.41 Å². The minimum Gasteiger partial charge on any atom is -0.457 e. The second-order valence-electron chi connectivity index (χ2n) is 13.8. The molecule has 0 amide bonds. The SMILES string of the molecule is c1ccc(-c2nc(-c3ccccc3)nc(-c3ccc4c(c3)-c3cc(-c5cccc6cnccc56)ccc3C43c4ccccc4Oc4ccccc43)n2)cc1. The van der Waals surface area contributed by atoms with Crippen molar-refractivity contribution in [3.63, 3.8) is 0 Å². The second kappa shape index (κ2) is 11.9. The van der Waals surface area contributed by atoms with Crippen molar-refractivity contribution in [2.75, 3.05) is 0 Å². The summed E-state index contributed by atoms with van der Waals surface area (Å²) in [4.78, 5) is 19.6. The maximum atomic E-state index is 6.61. The van der Waals surface area contributed by atoms with Gasteiger partial charge in [-0.1, -0.05) is 140 Å². The summed E-state index contributed by atoms with van der Waals surface area (Å²) in [6.45, 7) is 0. The quantitative estimate of drug-likeness (QED) is 0.184. The van der Waals surface area contributed by atoms with Crippen LogP contribution in [0.15, 0.2) is 182 Å². The van der Waals surface area contributed by atoms with Gasteiger partial charge in [0, 0.05) is 45.6 Å². The van der Waals surface area contributed by atoms with Crippen molar-refractivity contribution >= 4 is 10.8 Å². The number of rotatable bonds is 4. The minimum absolute atomic E-state index is 0.598. The Hall–Kier alpha value is -7.24. The Bertz CT molecular complexity index is 2810. The summed E-state index contributed by atoms with van der Waals surface area (Å²) < 4.78 is 6.61. The number of aromatic nitrogens is 4. The van der Waals surface area contributed by atoms with Gasteiger partial charge in [-0.25, -0.2) is 15.0 Å². The zero-order valence-corrected chi connectivity index (χ0v) is 29.0. The number of ether oxygens (including phenoxy) is 1. The molecule has 2 aliphatic rings. The molecule has 0 bridgehead atoms. The normalized spacial score (nSPS) is 13.1. The van der Waals surface area contributed by atoms with E-state index in [1.165, 1.54) is 27.6 Å². The highest BCUT2D eigenvalue weighted by atomic mass is 16.5. The molecule has 1 aliphatic carbocycles. The molecule has 5 nitrogen and oxygen atoms in total.